The van der Waals surface area contributed by atoms with Gasteiger partial charge in [0.15, 0.2) is 0 Å². The molecule has 4 heteroatoms. The number of nitrogens with zero attached hydrogens (tertiary/aromatic N) is 4. The standard InChI is InChI=1S/C17H16N4.3C2H6/c1-20-11-12-7-3-4-8-13(12)17-16(18-19-21(17)2)14-9-5-6-10-15(14)20;3*1-2/h3-10H,11H2,1-2H3;3*1-2H3. The Hall–Kier alpha value is -2.62. The molecule has 146 valence electrons. The second-order valence-electron chi connectivity index (χ2n) is 5.44. The highest BCUT2D eigenvalue weighted by molar-refractivity contribution is 5.87. The van der Waals surface area contributed by atoms with Gasteiger partial charge in [-0.05, 0) is 11.6 Å². The Bertz CT molecular complexity index is 821. The van der Waals surface area contributed by atoms with Crippen LogP contribution >= 0.6 is 0 Å². The lowest BCUT2D eigenvalue weighted by Crippen LogP contribution is -2.19. The molecule has 0 saturated carbocycles. The highest BCUT2D eigenvalue weighted by Gasteiger charge is 2.23. The van der Waals surface area contributed by atoms with Gasteiger partial charge in [0.2, 0.25) is 0 Å². The summed E-state index contributed by atoms with van der Waals surface area (Å²) in [5.74, 6) is 0. The van der Waals surface area contributed by atoms with Crippen LogP contribution in [0.1, 0.15) is 47.1 Å². The van der Waals surface area contributed by atoms with Gasteiger partial charge in [-0.3, -0.25) is 0 Å². The Balaban J connectivity index is 0.000000556. The van der Waals surface area contributed by atoms with E-state index in [2.05, 4.69) is 70.8 Å². The lowest BCUT2D eigenvalue weighted by atomic mass is 9.96. The van der Waals surface area contributed by atoms with E-state index in [4.69, 9.17) is 0 Å². The van der Waals surface area contributed by atoms with Crippen LogP contribution in [0.15, 0.2) is 48.5 Å². The molecule has 0 spiro atoms. The number of anilines is 1. The third-order valence-electron chi connectivity index (χ3n) is 4.08. The lowest BCUT2D eigenvalue weighted by molar-refractivity contribution is 0.720. The summed E-state index contributed by atoms with van der Waals surface area (Å²) >= 11 is 0. The van der Waals surface area contributed by atoms with Crippen LogP contribution in [-0.4, -0.2) is 22.0 Å². The fourth-order valence-corrected chi connectivity index (χ4v) is 3.08. The zero-order valence-electron chi connectivity index (χ0n) is 18.1. The summed E-state index contributed by atoms with van der Waals surface area (Å²) < 4.78 is 1.87. The van der Waals surface area contributed by atoms with Crippen molar-refractivity contribution in [1.29, 1.82) is 0 Å². The van der Waals surface area contributed by atoms with E-state index < -0.39 is 0 Å². The Morgan fingerprint density at radius 3 is 1.96 bits per heavy atom. The van der Waals surface area contributed by atoms with Crippen molar-refractivity contribution >= 4 is 5.69 Å². The molecule has 0 bridgehead atoms. The van der Waals surface area contributed by atoms with Crippen molar-refractivity contribution < 1.29 is 0 Å². The number of rotatable bonds is 0. The molecule has 0 fully saturated rings. The molecular formula is C23H34N4. The summed E-state index contributed by atoms with van der Waals surface area (Å²) in [6.07, 6.45) is 0. The number of para-hydroxylation sites is 1. The van der Waals surface area contributed by atoms with Gasteiger partial charge in [-0.25, -0.2) is 4.68 Å². The number of hydrogen-bond donors (Lipinski definition) is 0. The molecule has 1 aliphatic rings. The Labute approximate surface area is 164 Å². The molecule has 1 aliphatic heterocycles. The van der Waals surface area contributed by atoms with E-state index in [-0.39, 0.29) is 0 Å². The topological polar surface area (TPSA) is 34.0 Å². The van der Waals surface area contributed by atoms with Gasteiger partial charge in [-0.15, -0.1) is 5.10 Å². The van der Waals surface area contributed by atoms with Crippen LogP contribution in [0.4, 0.5) is 5.69 Å². The molecule has 0 atom stereocenters. The van der Waals surface area contributed by atoms with Crippen LogP contribution in [-0.2, 0) is 13.6 Å². The van der Waals surface area contributed by atoms with E-state index in [0.29, 0.717) is 0 Å². The van der Waals surface area contributed by atoms with Gasteiger partial charge < -0.3 is 4.90 Å². The molecule has 1 aromatic heterocycles. The Morgan fingerprint density at radius 2 is 1.30 bits per heavy atom. The minimum Gasteiger partial charge on any atom is -0.370 e. The monoisotopic (exact) mass is 366 g/mol. The molecule has 0 unspecified atom stereocenters. The highest BCUT2D eigenvalue weighted by atomic mass is 15.4. The summed E-state index contributed by atoms with van der Waals surface area (Å²) in [7, 11) is 4.08. The number of hydrogen-bond acceptors (Lipinski definition) is 3. The van der Waals surface area contributed by atoms with Crippen molar-refractivity contribution in [3.05, 3.63) is 54.1 Å². The average molecular weight is 367 g/mol. The minimum atomic E-state index is 0.873. The van der Waals surface area contributed by atoms with Gasteiger partial charge in [-0.1, -0.05) is 89.2 Å². The number of benzene rings is 2. The minimum absolute atomic E-state index is 0.873. The van der Waals surface area contributed by atoms with Crippen molar-refractivity contribution in [3.63, 3.8) is 0 Å². The first kappa shape index (κ1) is 22.4. The molecule has 4 rings (SSSR count). The Kier molecular flexibility index (Phi) is 9.27. The van der Waals surface area contributed by atoms with Crippen LogP contribution in [0, 0.1) is 0 Å². The molecule has 4 nitrogen and oxygen atoms in total. The summed E-state index contributed by atoms with van der Waals surface area (Å²) in [6.45, 7) is 12.9. The number of aryl methyl sites for hydroxylation is 1. The maximum atomic E-state index is 4.42. The Morgan fingerprint density at radius 1 is 0.741 bits per heavy atom. The van der Waals surface area contributed by atoms with Gasteiger partial charge in [-0.2, -0.15) is 0 Å². The average Bonchev–Trinajstić information content (AvgIpc) is 3.13. The van der Waals surface area contributed by atoms with Crippen molar-refractivity contribution in [2.24, 2.45) is 7.05 Å². The first-order chi connectivity index (χ1) is 13.3. The van der Waals surface area contributed by atoms with Crippen LogP contribution < -0.4 is 4.90 Å². The van der Waals surface area contributed by atoms with Gasteiger partial charge >= 0.3 is 0 Å². The normalized spacial score (nSPS) is 10.7. The summed E-state index contributed by atoms with van der Waals surface area (Å²) in [5, 5.41) is 8.67. The fourth-order valence-electron chi connectivity index (χ4n) is 3.08. The second-order valence-corrected chi connectivity index (χ2v) is 5.44. The molecule has 3 aromatic rings. The smallest absolute Gasteiger partial charge is 0.123 e. The van der Waals surface area contributed by atoms with Gasteiger partial charge in [0.25, 0.3) is 0 Å². The van der Waals surface area contributed by atoms with Crippen molar-refractivity contribution in [2.45, 2.75) is 48.1 Å². The van der Waals surface area contributed by atoms with E-state index >= 15 is 0 Å². The van der Waals surface area contributed by atoms with Gasteiger partial charge in [0.1, 0.15) is 5.69 Å². The third-order valence-corrected chi connectivity index (χ3v) is 4.08. The van der Waals surface area contributed by atoms with Gasteiger partial charge in [0.05, 0.1) is 5.69 Å². The largest absolute Gasteiger partial charge is 0.370 e. The zero-order chi connectivity index (χ0) is 20.4. The molecular weight excluding hydrogens is 332 g/mol. The predicted molar refractivity (Wildman–Crippen MR) is 118 cm³/mol. The summed E-state index contributed by atoms with van der Waals surface area (Å²) in [5.41, 5.74) is 6.87. The molecule has 0 saturated heterocycles. The number of aromatic nitrogens is 3. The maximum absolute atomic E-state index is 4.42. The second kappa shape index (κ2) is 11.2. The summed E-state index contributed by atoms with van der Waals surface area (Å²) in [4.78, 5) is 2.27. The van der Waals surface area contributed by atoms with Crippen LogP contribution in [0.3, 0.4) is 0 Å². The molecule has 2 aromatic carbocycles. The quantitative estimate of drug-likeness (QED) is 0.476. The van der Waals surface area contributed by atoms with E-state index in [1.807, 2.05) is 53.3 Å². The first-order valence-electron chi connectivity index (χ1n) is 10.0. The molecule has 0 radical (unpaired) electrons. The van der Waals surface area contributed by atoms with E-state index in [1.165, 1.54) is 16.8 Å². The third kappa shape index (κ3) is 4.57. The summed E-state index contributed by atoms with van der Waals surface area (Å²) in [6, 6.07) is 16.9. The van der Waals surface area contributed by atoms with E-state index in [1.54, 1.807) is 0 Å². The van der Waals surface area contributed by atoms with Gasteiger partial charge in [0, 0.05) is 37.5 Å². The first-order valence-corrected chi connectivity index (χ1v) is 10.0. The molecule has 0 N–H and O–H groups in total. The predicted octanol–water partition coefficient (Wildman–Crippen LogP) is 6.18. The molecule has 0 amide bonds. The molecule has 27 heavy (non-hydrogen) atoms. The van der Waals surface area contributed by atoms with Crippen molar-refractivity contribution in [3.8, 4) is 22.5 Å². The SMILES string of the molecule is CC.CC.CC.CN1Cc2ccccc2-c2c(nnn2C)-c2ccccc21. The lowest BCUT2D eigenvalue weighted by Gasteiger charge is -2.26. The molecule has 2 heterocycles. The highest BCUT2D eigenvalue weighted by Crippen LogP contribution is 2.39. The maximum Gasteiger partial charge on any atom is 0.123 e. The van der Waals surface area contributed by atoms with E-state index in [9.17, 15) is 0 Å². The van der Waals surface area contributed by atoms with Crippen LogP contribution in [0.2, 0.25) is 0 Å². The fraction of sp³-hybridized carbons (Fsp3) is 0.391. The van der Waals surface area contributed by atoms with Crippen LogP contribution in [0.25, 0.3) is 22.5 Å². The molecule has 0 aliphatic carbocycles. The van der Waals surface area contributed by atoms with Crippen molar-refractivity contribution in [1.82, 2.24) is 15.0 Å². The van der Waals surface area contributed by atoms with Crippen molar-refractivity contribution in [2.75, 3.05) is 11.9 Å². The zero-order valence-corrected chi connectivity index (χ0v) is 18.1. The van der Waals surface area contributed by atoms with E-state index in [0.717, 1.165) is 23.5 Å². The van der Waals surface area contributed by atoms with Crippen LogP contribution in [0.5, 0.6) is 0 Å². The number of fused-ring (bicyclic) bond motifs is 5.